The van der Waals surface area contributed by atoms with Crippen molar-refractivity contribution in [3.63, 3.8) is 0 Å². The molecule has 3 heterocycles. The van der Waals surface area contributed by atoms with Crippen LogP contribution in [0.25, 0.3) is 11.0 Å². The number of anilines is 1. The number of nitrogens with zero attached hydrogens (tertiary/aromatic N) is 3. The van der Waals surface area contributed by atoms with E-state index in [-0.39, 0.29) is 0 Å². The van der Waals surface area contributed by atoms with Crippen LogP contribution in [-0.2, 0) is 24.2 Å². The van der Waals surface area contributed by atoms with Crippen molar-refractivity contribution in [2.45, 2.75) is 45.6 Å². The van der Waals surface area contributed by atoms with Gasteiger partial charge in [0, 0.05) is 24.3 Å². The molecule has 6 heteroatoms. The third kappa shape index (κ3) is 3.87. The van der Waals surface area contributed by atoms with Gasteiger partial charge in [0.05, 0.1) is 31.5 Å². The Bertz CT molecular complexity index is 803. The molecule has 0 amide bonds. The number of hydrogen-bond acceptors (Lipinski definition) is 6. The molecule has 0 atom stereocenters. The Balaban J connectivity index is 1.56. The molecule has 1 aliphatic carbocycles. The van der Waals surface area contributed by atoms with Gasteiger partial charge >= 0.3 is 0 Å². The van der Waals surface area contributed by atoms with Gasteiger partial charge in [-0.2, -0.15) is 0 Å². The van der Waals surface area contributed by atoms with Gasteiger partial charge in [-0.15, -0.1) is 0 Å². The second kappa shape index (κ2) is 8.40. The third-order valence-corrected chi connectivity index (χ3v) is 5.58. The fourth-order valence-electron chi connectivity index (χ4n) is 4.23. The van der Waals surface area contributed by atoms with Gasteiger partial charge < -0.3 is 19.7 Å². The average Bonchev–Trinajstić information content (AvgIpc) is 3.36. The molecule has 1 N–H and O–H groups in total. The highest BCUT2D eigenvalue weighted by molar-refractivity contribution is 5.91. The van der Waals surface area contributed by atoms with Crippen molar-refractivity contribution < 1.29 is 9.47 Å². The molecule has 0 bridgehead atoms. The fourth-order valence-corrected chi connectivity index (χ4v) is 4.23. The zero-order valence-electron chi connectivity index (χ0n) is 16.5. The molecule has 0 unspecified atom stereocenters. The summed E-state index contributed by atoms with van der Waals surface area (Å²) in [4.78, 5) is 12.2. The van der Waals surface area contributed by atoms with Gasteiger partial charge in [0.2, 0.25) is 5.88 Å². The quantitative estimate of drug-likeness (QED) is 0.720. The van der Waals surface area contributed by atoms with Gasteiger partial charge in [0.25, 0.3) is 0 Å². The maximum Gasteiger partial charge on any atom is 0.219 e. The normalized spacial score (nSPS) is 16.8. The van der Waals surface area contributed by atoms with Crippen molar-refractivity contribution in [3.8, 4) is 5.88 Å². The standard InChI is InChI=1S/C21H30N4O2/c1-3-22-19-16-7-6-8-17(16)23-18-13-15(21(26-2)24-20(18)19)14-27-12-11-25-9-4-5-10-25/h13H,3-12,14H2,1-2H3,(H,22,23). The van der Waals surface area contributed by atoms with Crippen molar-refractivity contribution in [1.29, 1.82) is 0 Å². The van der Waals surface area contributed by atoms with E-state index in [1.54, 1.807) is 7.11 Å². The SMILES string of the molecule is CCNc1c2c(nc3cc(COCCN4CCCC4)c(OC)nc13)CCC2. The Kier molecular flexibility index (Phi) is 5.74. The monoisotopic (exact) mass is 370 g/mol. The molecular weight excluding hydrogens is 340 g/mol. The maximum absolute atomic E-state index is 5.94. The first kappa shape index (κ1) is 18.4. The first-order valence-corrected chi connectivity index (χ1v) is 10.2. The number of fused-ring (bicyclic) bond motifs is 2. The van der Waals surface area contributed by atoms with E-state index in [2.05, 4.69) is 23.2 Å². The summed E-state index contributed by atoms with van der Waals surface area (Å²) in [7, 11) is 1.68. The van der Waals surface area contributed by atoms with Gasteiger partial charge in [-0.1, -0.05) is 0 Å². The number of ether oxygens (including phenoxy) is 2. The molecule has 6 nitrogen and oxygen atoms in total. The smallest absolute Gasteiger partial charge is 0.219 e. The lowest BCUT2D eigenvalue weighted by atomic mass is 10.1. The van der Waals surface area contributed by atoms with Gasteiger partial charge in [0.15, 0.2) is 0 Å². The fraction of sp³-hybridized carbons (Fsp3) is 0.619. The van der Waals surface area contributed by atoms with Gasteiger partial charge in [-0.05, 0) is 63.7 Å². The minimum Gasteiger partial charge on any atom is -0.481 e. The van der Waals surface area contributed by atoms with Crippen LogP contribution in [0.1, 0.15) is 43.0 Å². The van der Waals surface area contributed by atoms with Crippen LogP contribution >= 0.6 is 0 Å². The molecule has 1 aliphatic heterocycles. The number of likely N-dealkylation sites (tertiary alicyclic amines) is 1. The van der Waals surface area contributed by atoms with Crippen molar-refractivity contribution in [2.75, 3.05) is 45.2 Å². The van der Waals surface area contributed by atoms with E-state index in [1.807, 2.05) is 0 Å². The van der Waals surface area contributed by atoms with Crippen LogP contribution in [0.5, 0.6) is 5.88 Å². The number of pyridine rings is 2. The number of rotatable bonds is 8. The van der Waals surface area contributed by atoms with Crippen LogP contribution in [-0.4, -0.2) is 54.8 Å². The lowest BCUT2D eigenvalue weighted by Crippen LogP contribution is -2.24. The highest BCUT2D eigenvalue weighted by Crippen LogP contribution is 2.35. The van der Waals surface area contributed by atoms with Crippen LogP contribution in [0.2, 0.25) is 0 Å². The Morgan fingerprint density at radius 3 is 2.78 bits per heavy atom. The minimum atomic E-state index is 0.509. The molecule has 146 valence electrons. The van der Waals surface area contributed by atoms with E-state index in [4.69, 9.17) is 19.4 Å². The second-order valence-electron chi connectivity index (χ2n) is 7.42. The molecule has 0 spiro atoms. The van der Waals surface area contributed by atoms with Crippen LogP contribution in [0.4, 0.5) is 5.69 Å². The zero-order chi connectivity index (χ0) is 18.6. The largest absolute Gasteiger partial charge is 0.481 e. The Hall–Kier alpha value is -1.92. The first-order valence-electron chi connectivity index (χ1n) is 10.2. The zero-order valence-corrected chi connectivity index (χ0v) is 16.5. The molecule has 4 rings (SSSR count). The second-order valence-corrected chi connectivity index (χ2v) is 7.42. The van der Waals surface area contributed by atoms with Crippen LogP contribution in [0.3, 0.4) is 0 Å². The van der Waals surface area contributed by atoms with E-state index < -0.39 is 0 Å². The topological polar surface area (TPSA) is 59.5 Å². The predicted octanol–water partition coefficient (Wildman–Crippen LogP) is 3.17. The highest BCUT2D eigenvalue weighted by atomic mass is 16.5. The highest BCUT2D eigenvalue weighted by Gasteiger charge is 2.22. The molecule has 27 heavy (non-hydrogen) atoms. The van der Waals surface area contributed by atoms with Gasteiger partial charge in [0.1, 0.15) is 5.52 Å². The molecule has 2 aliphatic rings. The van der Waals surface area contributed by atoms with E-state index in [9.17, 15) is 0 Å². The van der Waals surface area contributed by atoms with E-state index in [0.29, 0.717) is 12.5 Å². The predicted molar refractivity (Wildman–Crippen MR) is 108 cm³/mol. The van der Waals surface area contributed by atoms with Crippen LogP contribution in [0, 0.1) is 0 Å². The van der Waals surface area contributed by atoms with E-state index >= 15 is 0 Å². The Morgan fingerprint density at radius 1 is 1.15 bits per heavy atom. The summed E-state index contributed by atoms with van der Waals surface area (Å²) in [5, 5.41) is 3.51. The summed E-state index contributed by atoms with van der Waals surface area (Å²) in [6.45, 7) is 7.64. The van der Waals surface area contributed by atoms with Crippen molar-refractivity contribution in [2.24, 2.45) is 0 Å². The molecule has 0 radical (unpaired) electrons. The molecule has 2 aromatic rings. The summed E-state index contributed by atoms with van der Waals surface area (Å²) in [6.07, 6.45) is 5.92. The summed E-state index contributed by atoms with van der Waals surface area (Å²) in [6, 6.07) is 2.09. The van der Waals surface area contributed by atoms with Crippen LogP contribution in [0.15, 0.2) is 6.07 Å². The summed E-state index contributed by atoms with van der Waals surface area (Å²) in [5.41, 5.74) is 6.50. The molecular formula is C21H30N4O2. The van der Waals surface area contributed by atoms with E-state index in [0.717, 1.165) is 54.8 Å². The number of aromatic nitrogens is 2. The molecule has 0 aromatic carbocycles. The summed E-state index contributed by atoms with van der Waals surface area (Å²) >= 11 is 0. The number of aryl methyl sites for hydroxylation is 1. The number of nitrogens with one attached hydrogen (secondary N) is 1. The lowest BCUT2D eigenvalue weighted by Gasteiger charge is -2.16. The molecule has 0 saturated carbocycles. The minimum absolute atomic E-state index is 0.509. The third-order valence-electron chi connectivity index (χ3n) is 5.58. The Morgan fingerprint density at radius 2 is 2.00 bits per heavy atom. The molecule has 2 aromatic heterocycles. The van der Waals surface area contributed by atoms with E-state index in [1.165, 1.54) is 43.6 Å². The van der Waals surface area contributed by atoms with Crippen molar-refractivity contribution in [1.82, 2.24) is 14.9 Å². The number of hydrogen-bond donors (Lipinski definition) is 1. The first-order chi connectivity index (χ1) is 13.3. The average molecular weight is 370 g/mol. The van der Waals surface area contributed by atoms with Gasteiger partial charge in [-0.25, -0.2) is 4.98 Å². The lowest BCUT2D eigenvalue weighted by molar-refractivity contribution is 0.0975. The summed E-state index contributed by atoms with van der Waals surface area (Å²) < 4.78 is 11.5. The van der Waals surface area contributed by atoms with Gasteiger partial charge in [-0.3, -0.25) is 4.98 Å². The molecule has 1 saturated heterocycles. The van der Waals surface area contributed by atoms with Crippen molar-refractivity contribution >= 4 is 16.7 Å². The van der Waals surface area contributed by atoms with Crippen LogP contribution < -0.4 is 10.1 Å². The Labute approximate surface area is 161 Å². The van der Waals surface area contributed by atoms with Crippen molar-refractivity contribution in [3.05, 3.63) is 22.9 Å². The number of methoxy groups -OCH3 is 1. The maximum atomic E-state index is 5.94. The summed E-state index contributed by atoms with van der Waals surface area (Å²) in [5.74, 6) is 0.641. The molecule has 1 fully saturated rings.